The van der Waals surface area contributed by atoms with E-state index in [1.165, 1.54) is 17.4 Å². The van der Waals surface area contributed by atoms with E-state index in [0.29, 0.717) is 45.9 Å². The Morgan fingerprint density at radius 1 is 1.08 bits per heavy atom. The lowest BCUT2D eigenvalue weighted by Crippen LogP contribution is -2.47. The van der Waals surface area contributed by atoms with Gasteiger partial charge in [0.1, 0.15) is 15.8 Å². The topological polar surface area (TPSA) is 70.4 Å². The van der Waals surface area contributed by atoms with Gasteiger partial charge >= 0.3 is 0 Å². The van der Waals surface area contributed by atoms with E-state index in [1.54, 1.807) is 21.6 Å². The summed E-state index contributed by atoms with van der Waals surface area (Å²) in [5, 5.41) is 0. The number of hydrogen-bond donors (Lipinski definition) is 0. The third kappa shape index (κ3) is 4.72. The van der Waals surface area contributed by atoms with E-state index in [0.717, 1.165) is 38.1 Å². The average Bonchev–Trinajstić information content (AvgIpc) is 3.55. The van der Waals surface area contributed by atoms with E-state index in [-0.39, 0.29) is 17.6 Å². The van der Waals surface area contributed by atoms with E-state index < -0.39 is 0 Å². The minimum atomic E-state index is -0.191. The molecule has 0 spiro atoms. The maximum atomic E-state index is 13.8. The molecule has 0 radical (unpaired) electrons. The summed E-state index contributed by atoms with van der Waals surface area (Å²) in [5.41, 5.74) is 2.96. The fraction of sp³-hybridized carbons (Fsp3) is 0.357. The van der Waals surface area contributed by atoms with Crippen LogP contribution < -0.4 is 15.4 Å². The highest BCUT2D eigenvalue weighted by molar-refractivity contribution is 8.26. The minimum Gasteiger partial charge on any atom is -0.376 e. The highest BCUT2D eigenvalue weighted by Crippen LogP contribution is 2.34. The molecule has 1 amide bonds. The number of nitrogens with zero attached hydrogens (tertiary/aromatic N) is 5. The number of benzene rings is 1. The molecule has 6 rings (SSSR count). The van der Waals surface area contributed by atoms with Crippen molar-refractivity contribution in [2.75, 3.05) is 49.1 Å². The van der Waals surface area contributed by atoms with Crippen molar-refractivity contribution in [1.82, 2.24) is 14.3 Å². The van der Waals surface area contributed by atoms with E-state index in [4.69, 9.17) is 21.9 Å². The number of thioether (sulfide) groups is 1. The Morgan fingerprint density at radius 2 is 1.84 bits per heavy atom. The first-order chi connectivity index (χ1) is 18.5. The average molecular weight is 548 g/mol. The number of rotatable bonds is 5. The largest absolute Gasteiger partial charge is 0.376 e. The number of hydrogen-bond acceptors (Lipinski definition) is 8. The summed E-state index contributed by atoms with van der Waals surface area (Å²) in [6.07, 6.45) is 5.34. The van der Waals surface area contributed by atoms with Crippen LogP contribution in [0.15, 0.2) is 58.4 Å². The van der Waals surface area contributed by atoms with Crippen LogP contribution >= 0.6 is 24.0 Å². The second-order valence-corrected chi connectivity index (χ2v) is 11.5. The van der Waals surface area contributed by atoms with Crippen LogP contribution in [0.4, 0.5) is 11.5 Å². The zero-order chi connectivity index (χ0) is 26.2. The van der Waals surface area contributed by atoms with Crippen molar-refractivity contribution in [3.8, 4) is 0 Å². The molecule has 3 aliphatic rings. The summed E-state index contributed by atoms with van der Waals surface area (Å²) in [6, 6.07) is 14.1. The Hall–Kier alpha value is -3.21. The van der Waals surface area contributed by atoms with E-state index >= 15 is 0 Å². The fourth-order valence-electron chi connectivity index (χ4n) is 5.26. The lowest BCUT2D eigenvalue weighted by Gasteiger charge is -2.37. The van der Waals surface area contributed by atoms with Gasteiger partial charge in [-0.15, -0.1) is 0 Å². The molecule has 3 aliphatic heterocycles. The highest BCUT2D eigenvalue weighted by atomic mass is 32.2. The van der Waals surface area contributed by atoms with Crippen molar-refractivity contribution in [2.24, 2.45) is 0 Å². The van der Waals surface area contributed by atoms with Crippen LogP contribution in [0.3, 0.4) is 0 Å². The number of carbonyl (C=O) groups excluding carboxylic acids is 1. The van der Waals surface area contributed by atoms with Crippen LogP contribution in [0.25, 0.3) is 11.7 Å². The van der Waals surface area contributed by atoms with Gasteiger partial charge in [-0.25, -0.2) is 4.98 Å². The molecule has 8 nitrogen and oxygen atoms in total. The van der Waals surface area contributed by atoms with Gasteiger partial charge in [-0.05, 0) is 49.6 Å². The van der Waals surface area contributed by atoms with E-state index in [1.807, 2.05) is 37.3 Å². The molecule has 38 heavy (non-hydrogen) atoms. The molecule has 2 aromatic heterocycles. The summed E-state index contributed by atoms with van der Waals surface area (Å²) in [5.74, 6) is 0.436. The second kappa shape index (κ2) is 10.5. The fourth-order valence-corrected chi connectivity index (χ4v) is 6.52. The van der Waals surface area contributed by atoms with Crippen LogP contribution in [0.2, 0.25) is 0 Å². The normalized spacial score (nSPS) is 21.3. The van der Waals surface area contributed by atoms with Gasteiger partial charge in [0.05, 0.1) is 23.1 Å². The SMILES string of the molecule is Cc1cccn2c(=O)c(/C=C3\SC(=S)N(C[C@@H]4CCCO4)C3=O)c(N3CCN(c4ccccc4)CC3)nc12. The standard InChI is InChI=1S/C28H29N5O3S2/c1-19-7-5-11-32-24(19)29-25(31-14-12-30(13-15-31)20-8-3-2-4-9-20)22(26(32)34)17-23-27(35)33(28(37)38-23)18-21-10-6-16-36-21/h2-5,7-9,11,17,21H,6,10,12-16,18H2,1H3/b23-17-/t21-/m0/s1. The summed E-state index contributed by atoms with van der Waals surface area (Å²) < 4.78 is 7.79. The Kier molecular flexibility index (Phi) is 6.94. The zero-order valence-corrected chi connectivity index (χ0v) is 22.8. The number of aryl methyl sites for hydroxylation is 1. The van der Waals surface area contributed by atoms with Gasteiger partial charge in [-0.1, -0.05) is 48.2 Å². The smallest absolute Gasteiger partial charge is 0.267 e. The summed E-state index contributed by atoms with van der Waals surface area (Å²) in [7, 11) is 0. The lowest BCUT2D eigenvalue weighted by atomic mass is 10.2. The van der Waals surface area contributed by atoms with Crippen LogP contribution in [0, 0.1) is 6.92 Å². The molecule has 0 saturated carbocycles. The Labute approximate surface area is 230 Å². The minimum absolute atomic E-state index is 0.00394. The zero-order valence-electron chi connectivity index (χ0n) is 21.2. The highest BCUT2D eigenvalue weighted by Gasteiger charge is 2.35. The summed E-state index contributed by atoms with van der Waals surface area (Å²) in [6.45, 7) is 6.16. The summed E-state index contributed by atoms with van der Waals surface area (Å²) in [4.78, 5) is 38.7. The van der Waals surface area contributed by atoms with E-state index in [9.17, 15) is 9.59 Å². The Morgan fingerprint density at radius 3 is 2.58 bits per heavy atom. The molecular formula is C28H29N5O3S2. The Balaban J connectivity index is 1.35. The first-order valence-electron chi connectivity index (χ1n) is 12.9. The predicted octanol–water partition coefficient (Wildman–Crippen LogP) is 3.71. The molecular weight excluding hydrogens is 518 g/mol. The molecule has 0 bridgehead atoms. The Bertz CT molecular complexity index is 1480. The number of fused-ring (bicyclic) bond motifs is 1. The first-order valence-corrected chi connectivity index (χ1v) is 14.2. The number of carbonyl (C=O) groups is 1. The van der Waals surface area contributed by atoms with Crippen molar-refractivity contribution in [3.63, 3.8) is 0 Å². The predicted molar refractivity (Wildman–Crippen MR) is 156 cm³/mol. The third-order valence-electron chi connectivity index (χ3n) is 7.32. The maximum Gasteiger partial charge on any atom is 0.267 e. The lowest BCUT2D eigenvalue weighted by molar-refractivity contribution is -0.123. The molecule has 0 N–H and O–H groups in total. The van der Waals surface area contributed by atoms with Gasteiger partial charge in [-0.3, -0.25) is 18.9 Å². The molecule has 0 aliphatic carbocycles. The van der Waals surface area contributed by atoms with Crippen molar-refractivity contribution in [2.45, 2.75) is 25.9 Å². The molecule has 3 fully saturated rings. The van der Waals surface area contributed by atoms with Gasteiger partial charge in [0.15, 0.2) is 0 Å². The van der Waals surface area contributed by atoms with Gasteiger partial charge in [0.25, 0.3) is 11.5 Å². The van der Waals surface area contributed by atoms with Crippen LogP contribution in [0.1, 0.15) is 24.0 Å². The van der Waals surface area contributed by atoms with Crippen molar-refractivity contribution >= 4 is 57.4 Å². The molecule has 3 saturated heterocycles. The van der Waals surface area contributed by atoms with Crippen LogP contribution in [0.5, 0.6) is 0 Å². The van der Waals surface area contributed by atoms with Gasteiger partial charge in [-0.2, -0.15) is 0 Å². The number of anilines is 2. The number of pyridine rings is 1. The number of aromatic nitrogens is 2. The second-order valence-electron chi connectivity index (χ2n) is 9.78. The molecule has 1 atom stereocenters. The molecule has 0 unspecified atom stereocenters. The maximum absolute atomic E-state index is 13.8. The molecule has 3 aromatic rings. The van der Waals surface area contributed by atoms with Gasteiger partial charge in [0.2, 0.25) is 0 Å². The molecule has 10 heteroatoms. The molecule has 5 heterocycles. The van der Waals surface area contributed by atoms with Crippen molar-refractivity contribution < 1.29 is 9.53 Å². The van der Waals surface area contributed by atoms with Crippen molar-refractivity contribution in [1.29, 1.82) is 0 Å². The first kappa shape index (κ1) is 25.1. The van der Waals surface area contributed by atoms with Gasteiger partial charge in [0, 0.05) is 44.7 Å². The van der Waals surface area contributed by atoms with Gasteiger partial charge < -0.3 is 14.5 Å². The quantitative estimate of drug-likeness (QED) is 0.354. The molecule has 196 valence electrons. The number of para-hydroxylation sites is 1. The van der Waals surface area contributed by atoms with Crippen LogP contribution in [-0.4, -0.2) is 69.9 Å². The monoisotopic (exact) mass is 547 g/mol. The number of piperazine rings is 1. The van der Waals surface area contributed by atoms with E-state index in [2.05, 4.69) is 21.9 Å². The number of thiocarbonyl (C=S) groups is 1. The number of amides is 1. The van der Waals surface area contributed by atoms with Crippen LogP contribution in [-0.2, 0) is 9.53 Å². The molecule has 1 aromatic carbocycles. The summed E-state index contributed by atoms with van der Waals surface area (Å²) >= 11 is 6.79. The van der Waals surface area contributed by atoms with Crippen molar-refractivity contribution in [3.05, 3.63) is 75.0 Å². The third-order valence-corrected chi connectivity index (χ3v) is 8.70. The number of ether oxygens (including phenoxy) is 1.